The van der Waals surface area contributed by atoms with Crippen LogP contribution in [-0.2, 0) is 22.4 Å². The maximum atomic E-state index is 13.2. The molecule has 4 rings (SSSR count). The number of hydrogen-bond donors (Lipinski definition) is 3. The van der Waals surface area contributed by atoms with Crippen molar-refractivity contribution in [3.05, 3.63) is 70.1 Å². The van der Waals surface area contributed by atoms with Crippen molar-refractivity contribution in [3.8, 4) is 0 Å². The van der Waals surface area contributed by atoms with Gasteiger partial charge in [-0.15, -0.1) is 23.1 Å². The van der Waals surface area contributed by atoms with Crippen LogP contribution in [0, 0.1) is 12.8 Å². The first-order valence-electron chi connectivity index (χ1n) is 12.8. The predicted molar refractivity (Wildman–Crippen MR) is 163 cm³/mol. The highest BCUT2D eigenvalue weighted by atomic mass is 32.2. The van der Waals surface area contributed by atoms with Crippen LogP contribution in [0.15, 0.2) is 53.4 Å². The minimum Gasteiger partial charge on any atom is -0.462 e. The Morgan fingerprint density at radius 2 is 1.87 bits per heavy atom. The van der Waals surface area contributed by atoms with Crippen LogP contribution in [-0.4, -0.2) is 28.8 Å². The Kier molecular flexibility index (Phi) is 9.46. The van der Waals surface area contributed by atoms with Crippen molar-refractivity contribution in [2.24, 2.45) is 5.92 Å². The highest BCUT2D eigenvalue weighted by Crippen LogP contribution is 2.40. The lowest BCUT2D eigenvalue weighted by Crippen LogP contribution is -2.23. The van der Waals surface area contributed by atoms with E-state index in [0.717, 1.165) is 41.1 Å². The fourth-order valence-electron chi connectivity index (χ4n) is 4.31. The van der Waals surface area contributed by atoms with E-state index in [9.17, 15) is 9.59 Å². The van der Waals surface area contributed by atoms with Gasteiger partial charge >= 0.3 is 5.97 Å². The van der Waals surface area contributed by atoms with E-state index in [0.29, 0.717) is 28.2 Å². The number of anilines is 3. The topological polar surface area (TPSA) is 79.5 Å². The Morgan fingerprint density at radius 1 is 1.13 bits per heavy atom. The van der Waals surface area contributed by atoms with Crippen LogP contribution in [0.5, 0.6) is 0 Å². The number of amides is 1. The van der Waals surface area contributed by atoms with Crippen molar-refractivity contribution in [1.29, 1.82) is 0 Å². The zero-order chi connectivity index (χ0) is 27.2. The van der Waals surface area contributed by atoms with E-state index in [1.807, 2.05) is 62.4 Å². The first-order chi connectivity index (χ1) is 18.2. The molecule has 0 spiro atoms. The fourth-order valence-corrected chi connectivity index (χ4v) is 6.87. The van der Waals surface area contributed by atoms with Crippen LogP contribution >= 0.6 is 35.3 Å². The van der Waals surface area contributed by atoms with E-state index in [1.165, 1.54) is 33.5 Å². The van der Waals surface area contributed by atoms with Gasteiger partial charge in [0.1, 0.15) is 5.00 Å². The molecular formula is C29H33N3O3S3. The van der Waals surface area contributed by atoms with Gasteiger partial charge in [0.15, 0.2) is 5.11 Å². The number of carbonyl (C=O) groups is 2. The second kappa shape index (κ2) is 12.8. The lowest BCUT2D eigenvalue weighted by atomic mass is 9.88. The van der Waals surface area contributed by atoms with Crippen LogP contribution in [0.3, 0.4) is 0 Å². The molecule has 0 radical (unpaired) electrons. The van der Waals surface area contributed by atoms with Crippen LogP contribution in [0.4, 0.5) is 16.4 Å². The van der Waals surface area contributed by atoms with E-state index in [4.69, 9.17) is 17.0 Å². The molecule has 0 saturated carbocycles. The van der Waals surface area contributed by atoms with Gasteiger partial charge in [0.05, 0.1) is 17.4 Å². The minimum atomic E-state index is -0.379. The van der Waals surface area contributed by atoms with Gasteiger partial charge in [-0.05, 0) is 94.1 Å². The Bertz CT molecular complexity index is 1320. The van der Waals surface area contributed by atoms with Gasteiger partial charge in [0.25, 0.3) is 0 Å². The summed E-state index contributed by atoms with van der Waals surface area (Å²) in [6.07, 6.45) is 2.79. The minimum absolute atomic E-state index is 0.151. The number of esters is 1. The maximum Gasteiger partial charge on any atom is 0.341 e. The van der Waals surface area contributed by atoms with Gasteiger partial charge in [-0.3, -0.25) is 4.79 Å². The Balaban J connectivity index is 1.41. The molecule has 1 aliphatic carbocycles. The van der Waals surface area contributed by atoms with Gasteiger partial charge < -0.3 is 20.7 Å². The van der Waals surface area contributed by atoms with Gasteiger partial charge in [0, 0.05) is 21.1 Å². The Hall–Kier alpha value is -2.88. The molecule has 6 nitrogen and oxygen atoms in total. The molecule has 38 heavy (non-hydrogen) atoms. The number of ether oxygens (including phenoxy) is 1. The lowest BCUT2D eigenvalue weighted by molar-refractivity contribution is -0.115. The quantitative estimate of drug-likeness (QED) is 0.150. The van der Waals surface area contributed by atoms with E-state index >= 15 is 0 Å². The molecule has 9 heteroatoms. The molecule has 1 heterocycles. The molecule has 1 aliphatic rings. The molecule has 2 unspecified atom stereocenters. The summed E-state index contributed by atoms with van der Waals surface area (Å²) in [5, 5.41) is 10.1. The van der Waals surface area contributed by atoms with Gasteiger partial charge in [-0.2, -0.15) is 0 Å². The fraction of sp³-hybridized carbons (Fsp3) is 0.345. The Morgan fingerprint density at radius 3 is 2.61 bits per heavy atom. The monoisotopic (exact) mass is 567 g/mol. The summed E-state index contributed by atoms with van der Waals surface area (Å²) >= 11 is 8.42. The molecule has 2 atom stereocenters. The molecule has 0 bridgehead atoms. The summed E-state index contributed by atoms with van der Waals surface area (Å²) in [5.41, 5.74) is 4.50. The molecule has 1 amide bonds. The van der Waals surface area contributed by atoms with Gasteiger partial charge in [-0.1, -0.05) is 30.7 Å². The van der Waals surface area contributed by atoms with Gasteiger partial charge in [-0.25, -0.2) is 4.79 Å². The van der Waals surface area contributed by atoms with E-state index in [2.05, 4.69) is 22.9 Å². The number of nitrogens with one attached hydrogen (secondary N) is 3. The number of rotatable bonds is 8. The van der Waals surface area contributed by atoms with Crippen molar-refractivity contribution in [2.75, 3.05) is 22.6 Å². The summed E-state index contributed by atoms with van der Waals surface area (Å²) in [6.45, 7) is 8.22. The van der Waals surface area contributed by atoms with Crippen LogP contribution in [0.25, 0.3) is 0 Å². The third-order valence-electron chi connectivity index (χ3n) is 6.31. The van der Waals surface area contributed by atoms with Crippen molar-refractivity contribution in [1.82, 2.24) is 0 Å². The summed E-state index contributed by atoms with van der Waals surface area (Å²) < 4.78 is 5.33. The summed E-state index contributed by atoms with van der Waals surface area (Å²) in [7, 11) is 0. The van der Waals surface area contributed by atoms with Crippen molar-refractivity contribution >= 4 is 68.7 Å². The highest BCUT2D eigenvalue weighted by Gasteiger charge is 2.30. The number of thiophene rings is 1. The number of fused-ring (bicyclic) bond motifs is 1. The first-order valence-corrected chi connectivity index (χ1v) is 14.9. The number of hydrogen-bond acceptors (Lipinski definition) is 6. The average Bonchev–Trinajstić information content (AvgIpc) is 3.22. The molecule has 1 aromatic heterocycles. The third kappa shape index (κ3) is 7.15. The SMILES string of the molecule is CCOC(=O)c1c(NC(=O)C(C)Sc2cccc(NC(=S)Nc3ccc(C)cc3)c2)sc2c1CCC(C)C2. The number of carbonyl (C=O) groups excluding carboxylic acids is 2. The molecule has 0 saturated heterocycles. The summed E-state index contributed by atoms with van der Waals surface area (Å²) in [6, 6.07) is 15.8. The third-order valence-corrected chi connectivity index (χ3v) is 8.78. The van der Waals surface area contributed by atoms with Gasteiger partial charge in [0.2, 0.25) is 5.91 Å². The second-order valence-corrected chi connectivity index (χ2v) is 12.4. The maximum absolute atomic E-state index is 13.2. The zero-order valence-electron chi connectivity index (χ0n) is 22.1. The molecule has 0 aliphatic heterocycles. The van der Waals surface area contributed by atoms with Crippen LogP contribution in [0.1, 0.15) is 53.6 Å². The predicted octanol–water partition coefficient (Wildman–Crippen LogP) is 7.29. The molecule has 2 aromatic carbocycles. The second-order valence-electron chi connectivity index (χ2n) is 9.50. The Labute approximate surface area is 237 Å². The highest BCUT2D eigenvalue weighted by molar-refractivity contribution is 8.00. The molecule has 3 aromatic rings. The molecule has 3 N–H and O–H groups in total. The molecule has 0 fully saturated rings. The first kappa shape index (κ1) is 28.1. The average molecular weight is 568 g/mol. The normalized spacial score (nSPS) is 15.2. The van der Waals surface area contributed by atoms with Crippen LogP contribution < -0.4 is 16.0 Å². The van der Waals surface area contributed by atoms with Crippen molar-refractivity contribution in [2.45, 2.75) is 57.1 Å². The number of aryl methyl sites for hydroxylation is 1. The van der Waals surface area contributed by atoms with Crippen LogP contribution in [0.2, 0.25) is 0 Å². The standard InChI is InChI=1S/C29H33N3O3S3/c1-5-35-28(34)25-23-14-11-18(3)15-24(23)38-27(25)32-26(33)19(4)37-22-8-6-7-21(16-22)31-29(36)30-20-12-9-17(2)10-13-20/h6-10,12-13,16,18-19H,5,11,14-15H2,1-4H3,(H,32,33)(H2,30,31,36). The van der Waals surface area contributed by atoms with Crippen molar-refractivity contribution in [3.63, 3.8) is 0 Å². The van der Waals surface area contributed by atoms with Crippen molar-refractivity contribution < 1.29 is 14.3 Å². The number of thioether (sulfide) groups is 1. The smallest absolute Gasteiger partial charge is 0.341 e. The molecule has 200 valence electrons. The number of benzene rings is 2. The summed E-state index contributed by atoms with van der Waals surface area (Å²) in [5.74, 6) is 0.0568. The zero-order valence-corrected chi connectivity index (χ0v) is 24.5. The van der Waals surface area contributed by atoms with E-state index in [1.54, 1.807) is 6.92 Å². The van der Waals surface area contributed by atoms with E-state index in [-0.39, 0.29) is 17.1 Å². The molecular weight excluding hydrogens is 535 g/mol. The number of thiocarbonyl (C=S) groups is 1. The van der Waals surface area contributed by atoms with E-state index < -0.39 is 0 Å². The summed E-state index contributed by atoms with van der Waals surface area (Å²) in [4.78, 5) is 28.1. The largest absolute Gasteiger partial charge is 0.462 e. The lowest BCUT2D eigenvalue weighted by Gasteiger charge is -2.18.